The first-order valence-electron chi connectivity index (χ1n) is 19.0. The number of nitrogens with one attached hydrogen (secondary N) is 3. The Balaban J connectivity index is 0.794. The highest BCUT2D eigenvalue weighted by molar-refractivity contribution is 6.07. The molecule has 54 heavy (non-hydrogen) atoms. The van der Waals surface area contributed by atoms with Crippen LogP contribution in [0.5, 0.6) is 0 Å². The summed E-state index contributed by atoms with van der Waals surface area (Å²) in [5, 5.41) is 12.0. The van der Waals surface area contributed by atoms with Gasteiger partial charge < -0.3 is 15.2 Å². The zero-order valence-corrected chi connectivity index (χ0v) is 30.5. The van der Waals surface area contributed by atoms with E-state index >= 15 is 0 Å². The number of piperidine rings is 1. The van der Waals surface area contributed by atoms with Gasteiger partial charge in [0.1, 0.15) is 11.9 Å². The highest BCUT2D eigenvalue weighted by atomic mass is 16.2. The van der Waals surface area contributed by atoms with Crippen LogP contribution >= 0.6 is 0 Å². The van der Waals surface area contributed by atoms with Gasteiger partial charge >= 0.3 is 0 Å². The number of imide groups is 1. The third-order valence-corrected chi connectivity index (χ3v) is 11.0. The van der Waals surface area contributed by atoms with Gasteiger partial charge in [0.2, 0.25) is 11.8 Å². The Kier molecular flexibility index (Phi) is 9.97. The summed E-state index contributed by atoms with van der Waals surface area (Å²) in [6.45, 7) is 2.20. The first-order chi connectivity index (χ1) is 26.3. The molecule has 2 fully saturated rings. The van der Waals surface area contributed by atoms with Gasteiger partial charge in [-0.15, -0.1) is 0 Å². The predicted octanol–water partition coefficient (Wildman–Crippen LogP) is 6.08. The number of aromatic nitrogens is 4. The lowest BCUT2D eigenvalue weighted by Gasteiger charge is -2.29. The van der Waals surface area contributed by atoms with Crippen molar-refractivity contribution in [1.82, 2.24) is 34.9 Å². The third-order valence-electron chi connectivity index (χ3n) is 11.0. The second-order valence-corrected chi connectivity index (χ2v) is 14.7. The molecule has 2 aromatic carbocycles. The lowest BCUT2D eigenvalue weighted by molar-refractivity contribution is -0.136. The summed E-state index contributed by atoms with van der Waals surface area (Å²) < 4.78 is 1.98. The number of aromatic amines is 1. The molecular formula is C42H44N8O4. The minimum absolute atomic E-state index is 0.183. The van der Waals surface area contributed by atoms with Crippen LogP contribution < -0.4 is 10.6 Å². The number of unbranched alkanes of at least 4 members (excludes halogenated alkanes) is 5. The van der Waals surface area contributed by atoms with E-state index in [1.54, 1.807) is 11.0 Å². The number of pyridine rings is 1. The highest BCUT2D eigenvalue weighted by Gasteiger charge is 2.39. The molecule has 0 bridgehead atoms. The number of H-pyrrole nitrogens is 1. The monoisotopic (exact) mass is 724 g/mol. The van der Waals surface area contributed by atoms with Crippen molar-refractivity contribution in [3.63, 3.8) is 0 Å². The maximum atomic E-state index is 13.3. The van der Waals surface area contributed by atoms with Gasteiger partial charge in [0.05, 0.1) is 17.2 Å². The summed E-state index contributed by atoms with van der Waals surface area (Å²) in [4.78, 5) is 62.3. The Hall–Kier alpha value is -5.80. The van der Waals surface area contributed by atoms with Crippen LogP contribution in [0, 0.1) is 11.8 Å². The van der Waals surface area contributed by atoms with Crippen LogP contribution in [0.2, 0.25) is 0 Å². The molecular weight excluding hydrogens is 681 g/mol. The van der Waals surface area contributed by atoms with E-state index < -0.39 is 11.9 Å². The SMILES string of the molecule is CN1CCC[C@@H]1c1cc2cnc(NC(=O)c3ccc4cnn(CCCCCCCC#Cc5cccc6c5CN(C5CCC(=O)NC5=O)C6=O)c4c3)cc2[nH]1. The molecule has 2 saturated heterocycles. The predicted molar refractivity (Wildman–Crippen MR) is 205 cm³/mol. The number of carbonyl (C=O) groups is 4. The molecule has 0 radical (unpaired) electrons. The minimum atomic E-state index is -0.633. The zero-order chi connectivity index (χ0) is 37.2. The van der Waals surface area contributed by atoms with Crippen LogP contribution in [0.4, 0.5) is 5.82 Å². The molecule has 12 heteroatoms. The number of likely N-dealkylation sites (tertiary alicyclic amines) is 1. The quantitative estimate of drug-likeness (QED) is 0.0850. The fourth-order valence-corrected chi connectivity index (χ4v) is 8.04. The Labute approximate surface area is 313 Å². The molecule has 4 amide bonds. The minimum Gasteiger partial charge on any atom is -0.357 e. The maximum absolute atomic E-state index is 13.3. The molecule has 3 aliphatic rings. The molecule has 3 aliphatic heterocycles. The summed E-state index contributed by atoms with van der Waals surface area (Å²) in [6, 6.07) is 15.0. The second-order valence-electron chi connectivity index (χ2n) is 14.7. The number of amides is 4. The standard InChI is InChI=1S/C42H44N8O4/c1-48-19-10-14-35(48)34-21-30-24-43-38(23-33(30)45-34)46-40(52)28-15-16-29-25-44-50(37(29)22-28)20-8-6-4-2-3-5-7-11-27-12-9-13-31-32(27)26-49(42(31)54)36-17-18-39(51)47-41(36)53/h9,12-13,15-16,21-25,35-36,45H,2-6,8,10,14,17-20,26H2,1H3,(H,43,46,52)(H,47,51,53)/t35-,36?/m1/s1. The molecule has 0 spiro atoms. The number of aryl methyl sites for hydroxylation is 1. The number of hydrogen-bond acceptors (Lipinski definition) is 7. The normalized spacial score (nSPS) is 18.6. The second kappa shape index (κ2) is 15.3. The summed E-state index contributed by atoms with van der Waals surface area (Å²) in [5.41, 5.74) is 5.90. The average molecular weight is 725 g/mol. The van der Waals surface area contributed by atoms with Crippen LogP contribution in [0.3, 0.4) is 0 Å². The van der Waals surface area contributed by atoms with Crippen LogP contribution in [0.15, 0.2) is 60.9 Å². The van der Waals surface area contributed by atoms with E-state index in [4.69, 9.17) is 0 Å². The highest BCUT2D eigenvalue weighted by Crippen LogP contribution is 2.32. The third kappa shape index (κ3) is 7.24. The lowest BCUT2D eigenvalue weighted by atomic mass is 10.0. The van der Waals surface area contributed by atoms with E-state index in [1.165, 1.54) is 12.1 Å². The molecule has 3 aromatic heterocycles. The Morgan fingerprint density at radius 1 is 0.963 bits per heavy atom. The summed E-state index contributed by atoms with van der Waals surface area (Å²) in [5.74, 6) is 5.96. The molecule has 3 N–H and O–H groups in total. The van der Waals surface area contributed by atoms with Crippen molar-refractivity contribution < 1.29 is 19.2 Å². The Morgan fingerprint density at radius 2 is 1.83 bits per heavy atom. The number of fused-ring (bicyclic) bond motifs is 3. The van der Waals surface area contributed by atoms with E-state index in [0.717, 1.165) is 91.0 Å². The van der Waals surface area contributed by atoms with Crippen molar-refractivity contribution in [1.29, 1.82) is 0 Å². The van der Waals surface area contributed by atoms with Crippen molar-refractivity contribution in [2.75, 3.05) is 18.9 Å². The van der Waals surface area contributed by atoms with Crippen LogP contribution in [0.25, 0.3) is 21.8 Å². The smallest absolute Gasteiger partial charge is 0.256 e. The fourth-order valence-electron chi connectivity index (χ4n) is 8.04. The van der Waals surface area contributed by atoms with Crippen molar-refractivity contribution in [2.24, 2.45) is 0 Å². The van der Waals surface area contributed by atoms with Gasteiger partial charge in [-0.25, -0.2) is 4.98 Å². The van der Waals surface area contributed by atoms with Gasteiger partial charge in [-0.1, -0.05) is 43.2 Å². The van der Waals surface area contributed by atoms with Gasteiger partial charge in [-0.05, 0) is 81.6 Å². The molecule has 12 nitrogen and oxygen atoms in total. The maximum Gasteiger partial charge on any atom is 0.256 e. The number of benzene rings is 2. The number of hydrogen-bond donors (Lipinski definition) is 3. The van der Waals surface area contributed by atoms with Crippen molar-refractivity contribution in [3.05, 3.63) is 88.9 Å². The van der Waals surface area contributed by atoms with Gasteiger partial charge in [0, 0.05) is 77.4 Å². The van der Waals surface area contributed by atoms with Gasteiger partial charge in [-0.2, -0.15) is 5.10 Å². The summed E-state index contributed by atoms with van der Waals surface area (Å²) >= 11 is 0. The Morgan fingerprint density at radius 3 is 2.69 bits per heavy atom. The molecule has 0 aliphatic carbocycles. The molecule has 5 aromatic rings. The molecule has 8 rings (SSSR count). The van der Waals surface area contributed by atoms with Crippen LogP contribution in [-0.4, -0.2) is 72.8 Å². The van der Waals surface area contributed by atoms with Crippen LogP contribution in [0.1, 0.15) is 108 Å². The summed E-state index contributed by atoms with van der Waals surface area (Å²) in [7, 11) is 2.16. The van der Waals surface area contributed by atoms with Crippen molar-refractivity contribution in [3.8, 4) is 11.8 Å². The number of nitrogens with zero attached hydrogens (tertiary/aromatic N) is 5. The van der Waals surface area contributed by atoms with Gasteiger partial charge in [-0.3, -0.25) is 34.1 Å². The van der Waals surface area contributed by atoms with Gasteiger partial charge in [0.15, 0.2) is 0 Å². The van der Waals surface area contributed by atoms with Crippen molar-refractivity contribution >= 4 is 51.3 Å². The topological polar surface area (TPSA) is 145 Å². The number of anilines is 1. The van der Waals surface area contributed by atoms with E-state index in [9.17, 15) is 19.2 Å². The molecule has 0 saturated carbocycles. The first kappa shape index (κ1) is 35.2. The van der Waals surface area contributed by atoms with Crippen LogP contribution in [-0.2, 0) is 22.7 Å². The summed E-state index contributed by atoms with van der Waals surface area (Å²) in [6.07, 6.45) is 12.5. The van der Waals surface area contributed by atoms with Gasteiger partial charge in [0.25, 0.3) is 11.8 Å². The Bertz CT molecular complexity index is 2330. The molecule has 6 heterocycles. The van der Waals surface area contributed by atoms with E-state index in [1.807, 2.05) is 53.5 Å². The fraction of sp³-hybridized carbons (Fsp3) is 0.381. The number of carbonyl (C=O) groups excluding carboxylic acids is 4. The lowest BCUT2D eigenvalue weighted by Crippen LogP contribution is -2.52. The molecule has 276 valence electrons. The largest absolute Gasteiger partial charge is 0.357 e. The van der Waals surface area contributed by atoms with E-state index in [-0.39, 0.29) is 24.1 Å². The average Bonchev–Trinajstić information content (AvgIpc) is 3.96. The zero-order valence-electron chi connectivity index (χ0n) is 30.5. The van der Waals surface area contributed by atoms with E-state index in [2.05, 4.69) is 55.6 Å². The molecule has 2 atom stereocenters. The first-order valence-corrected chi connectivity index (χ1v) is 19.0. The molecule has 1 unspecified atom stereocenters. The number of rotatable bonds is 11. The van der Waals surface area contributed by atoms with Crippen molar-refractivity contribution in [2.45, 2.75) is 89.4 Å². The van der Waals surface area contributed by atoms with E-state index in [0.29, 0.717) is 36.0 Å².